The van der Waals surface area contributed by atoms with Gasteiger partial charge in [-0.15, -0.1) is 11.6 Å². The van der Waals surface area contributed by atoms with E-state index in [1.54, 1.807) is 6.92 Å². The van der Waals surface area contributed by atoms with Crippen LogP contribution in [0.2, 0.25) is 0 Å². The van der Waals surface area contributed by atoms with E-state index in [1.165, 1.54) is 0 Å². The van der Waals surface area contributed by atoms with Crippen molar-refractivity contribution in [1.29, 1.82) is 0 Å². The van der Waals surface area contributed by atoms with Crippen molar-refractivity contribution in [1.82, 2.24) is 5.32 Å². The lowest BCUT2D eigenvalue weighted by molar-refractivity contribution is -0.145. The monoisotopic (exact) mass is 880 g/mol. The highest BCUT2D eigenvalue weighted by Gasteiger charge is 2.35. The molecule has 2 aromatic rings. The van der Waals surface area contributed by atoms with Crippen LogP contribution in [-0.2, 0) is 25.7 Å². The molecular formula is C27H32ClI3N2O5. The molecule has 0 aromatic heterocycles. The minimum atomic E-state index is -1.03. The van der Waals surface area contributed by atoms with Gasteiger partial charge in [0.2, 0.25) is 5.91 Å². The zero-order valence-electron chi connectivity index (χ0n) is 21.0. The molecule has 0 heterocycles. The summed E-state index contributed by atoms with van der Waals surface area (Å²) in [6, 6.07) is 13.4. The first-order valence-corrected chi connectivity index (χ1v) is 16.0. The van der Waals surface area contributed by atoms with Gasteiger partial charge in [0.1, 0.15) is 12.0 Å². The van der Waals surface area contributed by atoms with Crippen LogP contribution in [0.4, 0.5) is 0 Å². The molecular weight excluding hydrogens is 848 g/mol. The Kier molecular flexibility index (Phi) is 15.3. The van der Waals surface area contributed by atoms with Crippen LogP contribution in [0.5, 0.6) is 0 Å². The molecule has 0 fully saturated rings. The van der Waals surface area contributed by atoms with E-state index in [0.717, 1.165) is 21.8 Å². The first-order valence-electron chi connectivity index (χ1n) is 12.3. The number of hydrogen-bond donors (Lipinski definition) is 3. The van der Waals surface area contributed by atoms with Gasteiger partial charge in [0.25, 0.3) is 0 Å². The van der Waals surface area contributed by atoms with E-state index in [-0.39, 0.29) is 18.8 Å². The van der Waals surface area contributed by atoms with Gasteiger partial charge in [0.15, 0.2) is 5.38 Å². The summed E-state index contributed by atoms with van der Waals surface area (Å²) in [6.07, 6.45) is 1.65. The number of ether oxygens (including phenoxy) is 1. The maximum Gasteiger partial charge on any atom is 0.307 e. The number of ketones is 1. The van der Waals surface area contributed by atoms with E-state index >= 15 is 0 Å². The van der Waals surface area contributed by atoms with Gasteiger partial charge < -0.3 is 20.9 Å². The number of Topliss-reactive ketones (excluding diaryl/α,β-unsaturated/α-hetero) is 1. The van der Waals surface area contributed by atoms with E-state index in [2.05, 4.69) is 73.1 Å². The quantitative estimate of drug-likeness (QED) is 0.0819. The first kappa shape index (κ1) is 33.7. The van der Waals surface area contributed by atoms with Crippen LogP contribution in [0, 0.1) is 16.6 Å². The number of carbonyl (C=O) groups excluding carboxylic acids is 2. The number of hydrogen-bond acceptors (Lipinski definition) is 5. The fraction of sp³-hybridized carbons (Fsp3) is 0.444. The van der Waals surface area contributed by atoms with Crippen molar-refractivity contribution in [2.24, 2.45) is 11.7 Å². The van der Waals surface area contributed by atoms with Crippen molar-refractivity contribution in [2.75, 3.05) is 6.54 Å². The second-order valence-electron chi connectivity index (χ2n) is 8.84. The smallest absolute Gasteiger partial charge is 0.307 e. The fourth-order valence-electron chi connectivity index (χ4n) is 4.06. The summed E-state index contributed by atoms with van der Waals surface area (Å²) in [5.41, 5.74) is 7.66. The Bertz CT molecular complexity index is 1070. The van der Waals surface area contributed by atoms with Gasteiger partial charge in [-0.25, -0.2) is 0 Å². The molecule has 11 heteroatoms. The standard InChI is InChI=1S/C27H32ClI3N2O5/c1-2-18(27(36)37)22(23-19(30)13-17(29)14-20(23)31)21(34)11-7-4-8-12-33-26(35)24(28)25(32)38-15-16-9-5-3-6-10-16/h3,5-6,9-10,13-14,18,22,24-25H,2,4,7-8,11-12,15,32H2,1H3,(H,33,35)(H,36,37). The van der Waals surface area contributed by atoms with Gasteiger partial charge in [-0.2, -0.15) is 0 Å². The predicted molar refractivity (Wildman–Crippen MR) is 174 cm³/mol. The van der Waals surface area contributed by atoms with E-state index in [4.69, 9.17) is 22.1 Å². The molecule has 0 radical (unpaired) electrons. The Hall–Kier alpha value is -0.550. The molecule has 1 amide bonds. The van der Waals surface area contributed by atoms with Gasteiger partial charge >= 0.3 is 5.97 Å². The number of nitrogens with one attached hydrogen (secondary N) is 1. The number of nitrogens with two attached hydrogens (primary N) is 1. The molecule has 4 atom stereocenters. The lowest BCUT2D eigenvalue weighted by Gasteiger charge is -2.25. The van der Waals surface area contributed by atoms with E-state index in [1.807, 2.05) is 42.5 Å². The number of carboxylic acids is 1. The zero-order chi connectivity index (χ0) is 28.2. The highest BCUT2D eigenvalue weighted by molar-refractivity contribution is 14.1. The summed E-state index contributed by atoms with van der Waals surface area (Å²) in [4.78, 5) is 37.7. The number of aliphatic carboxylic acids is 1. The molecule has 2 rings (SSSR count). The number of halogens is 4. The van der Waals surface area contributed by atoms with E-state index < -0.39 is 35.3 Å². The van der Waals surface area contributed by atoms with Crippen LogP contribution in [0.1, 0.15) is 56.1 Å². The highest BCUT2D eigenvalue weighted by Crippen LogP contribution is 2.37. The SMILES string of the molecule is CCC(C(=O)O)C(C(=O)CCCCCNC(=O)C(Cl)C(N)OCc1ccccc1)c1c(I)cc(I)cc1I. The van der Waals surface area contributed by atoms with Crippen LogP contribution in [-0.4, -0.2) is 40.9 Å². The van der Waals surface area contributed by atoms with Gasteiger partial charge in [0.05, 0.1) is 18.4 Å². The minimum Gasteiger partial charge on any atom is -0.481 e. The average Bonchev–Trinajstić information content (AvgIpc) is 2.87. The zero-order valence-corrected chi connectivity index (χ0v) is 28.2. The molecule has 0 aliphatic carbocycles. The van der Waals surface area contributed by atoms with Crippen molar-refractivity contribution in [2.45, 2.75) is 63.2 Å². The third-order valence-electron chi connectivity index (χ3n) is 6.08. The number of benzene rings is 2. The number of unbranched alkanes of at least 4 members (excludes halogenated alkanes) is 2. The normalized spacial score (nSPS) is 14.4. The molecule has 0 aliphatic rings. The van der Waals surface area contributed by atoms with Gasteiger partial charge in [-0.1, -0.05) is 43.7 Å². The number of amides is 1. The van der Waals surface area contributed by atoms with Gasteiger partial charge in [0, 0.05) is 23.7 Å². The highest BCUT2D eigenvalue weighted by atomic mass is 127. The topological polar surface area (TPSA) is 119 Å². The molecule has 0 bridgehead atoms. The summed E-state index contributed by atoms with van der Waals surface area (Å²) < 4.78 is 8.36. The summed E-state index contributed by atoms with van der Waals surface area (Å²) in [6.45, 7) is 2.45. The molecule has 0 saturated carbocycles. The summed E-state index contributed by atoms with van der Waals surface area (Å²) >= 11 is 12.8. The Balaban J connectivity index is 1.83. The second kappa shape index (κ2) is 17.3. The van der Waals surface area contributed by atoms with Gasteiger partial charge in [-0.05, 0) is 110 Å². The molecule has 38 heavy (non-hydrogen) atoms. The lowest BCUT2D eigenvalue weighted by Crippen LogP contribution is -2.44. The third kappa shape index (κ3) is 10.5. The van der Waals surface area contributed by atoms with Crippen molar-refractivity contribution in [3.05, 3.63) is 64.3 Å². The Morgan fingerprint density at radius 2 is 1.68 bits per heavy atom. The molecule has 4 unspecified atom stereocenters. The van der Waals surface area contributed by atoms with E-state index in [0.29, 0.717) is 32.2 Å². The van der Waals surface area contributed by atoms with Crippen LogP contribution in [0.25, 0.3) is 0 Å². The Morgan fingerprint density at radius 3 is 2.26 bits per heavy atom. The fourth-order valence-corrected chi connectivity index (χ4v) is 8.46. The second-order valence-corrected chi connectivity index (χ2v) is 12.9. The van der Waals surface area contributed by atoms with E-state index in [9.17, 15) is 19.5 Å². The maximum absolute atomic E-state index is 13.3. The molecule has 0 aliphatic heterocycles. The molecule has 0 saturated heterocycles. The maximum atomic E-state index is 13.3. The van der Waals surface area contributed by atoms with Crippen LogP contribution in [0.3, 0.4) is 0 Å². The lowest BCUT2D eigenvalue weighted by atomic mass is 9.80. The largest absolute Gasteiger partial charge is 0.481 e. The molecule has 4 N–H and O–H groups in total. The van der Waals surface area contributed by atoms with Crippen molar-refractivity contribution < 1.29 is 24.2 Å². The molecule has 2 aromatic carbocycles. The van der Waals surface area contributed by atoms with Crippen molar-refractivity contribution in [3.63, 3.8) is 0 Å². The first-order chi connectivity index (χ1) is 18.1. The summed E-state index contributed by atoms with van der Waals surface area (Å²) in [5.74, 6) is -2.90. The number of carbonyl (C=O) groups is 3. The number of alkyl halides is 1. The number of carboxylic acid groups (broad SMARTS) is 1. The number of rotatable bonds is 16. The van der Waals surface area contributed by atoms with Gasteiger partial charge in [-0.3, -0.25) is 14.4 Å². The minimum absolute atomic E-state index is 0.0670. The van der Waals surface area contributed by atoms with Crippen molar-refractivity contribution in [3.8, 4) is 0 Å². The van der Waals surface area contributed by atoms with Crippen LogP contribution >= 0.6 is 79.4 Å². The Labute approximate surface area is 269 Å². The Morgan fingerprint density at radius 1 is 1.05 bits per heavy atom. The average molecular weight is 881 g/mol. The van der Waals surface area contributed by atoms with Crippen LogP contribution < -0.4 is 11.1 Å². The summed E-state index contributed by atoms with van der Waals surface area (Å²) in [5, 5.41) is 11.6. The molecule has 208 valence electrons. The van der Waals surface area contributed by atoms with Crippen molar-refractivity contribution >= 4 is 97.0 Å². The molecule has 7 nitrogen and oxygen atoms in total. The predicted octanol–water partition coefficient (Wildman–Crippen LogP) is 6.05. The third-order valence-corrected chi connectivity index (χ3v) is 8.94. The van der Waals surface area contributed by atoms with Crippen LogP contribution in [0.15, 0.2) is 42.5 Å². The molecule has 0 spiro atoms. The summed E-state index contributed by atoms with van der Waals surface area (Å²) in [7, 11) is 0.